The Kier molecular flexibility index (Phi) is 2.87. The first-order valence-electron chi connectivity index (χ1n) is 7.94. The molecule has 1 saturated carbocycles. The van der Waals surface area contributed by atoms with E-state index >= 15 is 0 Å². The van der Waals surface area contributed by atoms with Crippen LogP contribution in [-0.2, 0) is 19.5 Å². The molecule has 5 rings (SSSR count). The van der Waals surface area contributed by atoms with Gasteiger partial charge in [-0.2, -0.15) is 9.57 Å². The molecule has 2 atom stereocenters. The Morgan fingerprint density at radius 2 is 2.05 bits per heavy atom. The third-order valence-electron chi connectivity index (χ3n) is 6.05. The van der Waals surface area contributed by atoms with Crippen molar-refractivity contribution in [3.8, 4) is 6.07 Å². The molecule has 1 spiro atoms. The molecule has 0 unspecified atom stereocenters. The van der Waals surface area contributed by atoms with E-state index in [0.717, 1.165) is 19.3 Å². The first-order valence-corrected chi connectivity index (χ1v) is 9.55. The monoisotopic (exact) mass is 326 g/mol. The largest absolute Gasteiger partial charge is 0.377 e. The van der Waals surface area contributed by atoms with E-state index in [2.05, 4.69) is 6.07 Å². The third kappa shape index (κ3) is 1.78. The summed E-state index contributed by atoms with van der Waals surface area (Å²) in [7, 11) is -3.34. The molecule has 0 aromatic heterocycles. The van der Waals surface area contributed by atoms with E-state index in [9.17, 15) is 13.7 Å². The number of hydrogen-bond donors (Lipinski definition) is 0. The van der Waals surface area contributed by atoms with Gasteiger partial charge in [0.1, 0.15) is 5.60 Å². The van der Waals surface area contributed by atoms with Crippen LogP contribution in [0.25, 0.3) is 0 Å². The summed E-state index contributed by atoms with van der Waals surface area (Å²) in [6.45, 7) is 5.33. The molecule has 0 N–H and O–H groups in total. The fourth-order valence-electron chi connectivity index (χ4n) is 4.74. The molecule has 4 aliphatic heterocycles. The van der Waals surface area contributed by atoms with Crippen LogP contribution in [0.4, 0.5) is 0 Å². The summed E-state index contributed by atoms with van der Waals surface area (Å²) < 4.78 is 38.2. The second-order valence-corrected chi connectivity index (χ2v) is 9.83. The number of sulfonamides is 1. The SMILES string of the molecule is C[C@@H]1CCO[C@@H]1CS(=O)(=O)N1CC2(C1)OC1(C)CC2(C#N)C1. The molecule has 5 aliphatic rings. The summed E-state index contributed by atoms with van der Waals surface area (Å²) in [5.41, 5.74) is -1.29. The van der Waals surface area contributed by atoms with Crippen molar-refractivity contribution in [2.24, 2.45) is 11.3 Å². The second kappa shape index (κ2) is 4.23. The predicted molar refractivity (Wildman–Crippen MR) is 78.4 cm³/mol. The number of hydrogen-bond acceptors (Lipinski definition) is 5. The third-order valence-corrected chi connectivity index (χ3v) is 7.85. The van der Waals surface area contributed by atoms with Gasteiger partial charge in [-0.3, -0.25) is 0 Å². The first kappa shape index (κ1) is 14.9. The van der Waals surface area contributed by atoms with Crippen molar-refractivity contribution >= 4 is 10.0 Å². The van der Waals surface area contributed by atoms with E-state index in [-0.39, 0.29) is 23.4 Å². The van der Waals surface area contributed by atoms with E-state index in [1.807, 2.05) is 13.8 Å². The molecule has 0 amide bonds. The lowest BCUT2D eigenvalue weighted by Crippen LogP contribution is -2.69. The van der Waals surface area contributed by atoms with Crippen molar-refractivity contribution in [2.75, 3.05) is 25.4 Å². The minimum atomic E-state index is -3.34. The Morgan fingerprint density at radius 1 is 1.36 bits per heavy atom. The minimum Gasteiger partial charge on any atom is -0.377 e. The molecule has 22 heavy (non-hydrogen) atoms. The van der Waals surface area contributed by atoms with Crippen LogP contribution in [-0.4, -0.2) is 55.5 Å². The standard InChI is InChI=1S/C15H22N2O4S/c1-11-3-4-20-12(11)5-22(18,19)17-9-15(10-17)14(8-16)6-13(2,7-14)21-15/h11-12H,3-7,9-10H2,1-2H3/t11-,12-,13?,14?/m1/s1. The molecule has 4 saturated heterocycles. The Hall–Kier alpha value is -0.680. The van der Waals surface area contributed by atoms with E-state index in [0.29, 0.717) is 19.7 Å². The molecule has 122 valence electrons. The summed E-state index contributed by atoms with van der Waals surface area (Å²) >= 11 is 0. The summed E-state index contributed by atoms with van der Waals surface area (Å²) in [6, 6.07) is 2.41. The Labute approximate surface area is 131 Å². The average molecular weight is 326 g/mol. The van der Waals surface area contributed by atoms with Gasteiger partial charge >= 0.3 is 0 Å². The zero-order valence-corrected chi connectivity index (χ0v) is 13.9. The second-order valence-electron chi connectivity index (χ2n) is 7.82. The lowest BCUT2D eigenvalue weighted by Gasteiger charge is -2.51. The quantitative estimate of drug-likeness (QED) is 0.769. The van der Waals surface area contributed by atoms with Gasteiger partial charge in [-0.15, -0.1) is 0 Å². The van der Waals surface area contributed by atoms with Crippen molar-refractivity contribution in [1.29, 1.82) is 5.26 Å². The molecule has 5 fully saturated rings. The summed E-state index contributed by atoms with van der Waals surface area (Å²) in [5.74, 6) is 0.325. The zero-order valence-electron chi connectivity index (χ0n) is 13.0. The van der Waals surface area contributed by atoms with E-state index < -0.39 is 21.0 Å². The van der Waals surface area contributed by atoms with Crippen LogP contribution in [0.3, 0.4) is 0 Å². The highest BCUT2D eigenvalue weighted by Gasteiger charge is 2.78. The fourth-order valence-corrected chi connectivity index (χ4v) is 6.60. The lowest BCUT2D eigenvalue weighted by molar-refractivity contribution is -0.117. The van der Waals surface area contributed by atoms with Gasteiger partial charge in [0.25, 0.3) is 0 Å². The van der Waals surface area contributed by atoms with Gasteiger partial charge in [-0.1, -0.05) is 6.92 Å². The van der Waals surface area contributed by atoms with Crippen LogP contribution in [0.5, 0.6) is 0 Å². The minimum absolute atomic E-state index is 0.0427. The summed E-state index contributed by atoms with van der Waals surface area (Å²) in [5, 5.41) is 9.51. The molecular weight excluding hydrogens is 304 g/mol. The van der Waals surface area contributed by atoms with Crippen LogP contribution < -0.4 is 0 Å². The van der Waals surface area contributed by atoms with Gasteiger partial charge in [-0.05, 0) is 32.1 Å². The highest BCUT2D eigenvalue weighted by Crippen LogP contribution is 2.68. The number of ether oxygens (including phenoxy) is 2. The van der Waals surface area contributed by atoms with Crippen molar-refractivity contribution < 1.29 is 17.9 Å². The van der Waals surface area contributed by atoms with E-state index in [4.69, 9.17) is 9.47 Å². The lowest BCUT2D eigenvalue weighted by atomic mass is 9.56. The molecule has 0 radical (unpaired) electrons. The molecule has 0 aromatic carbocycles. The maximum Gasteiger partial charge on any atom is 0.216 e. The van der Waals surface area contributed by atoms with Crippen molar-refractivity contribution in [3.63, 3.8) is 0 Å². The average Bonchev–Trinajstić information content (AvgIpc) is 2.94. The summed E-state index contributed by atoms with van der Waals surface area (Å²) in [4.78, 5) is 0. The molecular formula is C15H22N2O4S. The molecule has 7 heteroatoms. The number of rotatable bonds is 3. The zero-order chi connectivity index (χ0) is 15.8. The Morgan fingerprint density at radius 3 is 2.59 bits per heavy atom. The molecule has 1 aliphatic carbocycles. The highest BCUT2D eigenvalue weighted by atomic mass is 32.2. The highest BCUT2D eigenvalue weighted by molar-refractivity contribution is 7.89. The van der Waals surface area contributed by atoms with Crippen LogP contribution in [0.15, 0.2) is 0 Å². The Balaban J connectivity index is 1.46. The van der Waals surface area contributed by atoms with Gasteiger partial charge in [-0.25, -0.2) is 8.42 Å². The first-order chi connectivity index (χ1) is 10.2. The fraction of sp³-hybridized carbons (Fsp3) is 0.933. The van der Waals surface area contributed by atoms with Crippen LogP contribution in [0.1, 0.15) is 33.1 Å². The van der Waals surface area contributed by atoms with Gasteiger partial charge in [0.15, 0.2) is 0 Å². The topological polar surface area (TPSA) is 79.6 Å². The molecule has 0 aromatic rings. The number of nitriles is 1. The van der Waals surface area contributed by atoms with Gasteiger partial charge in [0.2, 0.25) is 10.0 Å². The van der Waals surface area contributed by atoms with Crippen molar-refractivity contribution in [2.45, 2.75) is 50.4 Å². The van der Waals surface area contributed by atoms with Crippen molar-refractivity contribution in [3.05, 3.63) is 0 Å². The summed E-state index contributed by atoms with van der Waals surface area (Å²) in [6.07, 6.45) is 2.17. The number of nitrogens with zero attached hydrogens (tertiary/aromatic N) is 2. The van der Waals surface area contributed by atoms with E-state index in [1.54, 1.807) is 0 Å². The smallest absolute Gasteiger partial charge is 0.216 e. The van der Waals surface area contributed by atoms with Crippen LogP contribution >= 0.6 is 0 Å². The van der Waals surface area contributed by atoms with Crippen molar-refractivity contribution in [1.82, 2.24) is 4.31 Å². The van der Waals surface area contributed by atoms with Crippen LogP contribution in [0, 0.1) is 22.7 Å². The normalized spacial score (nSPS) is 46.2. The van der Waals surface area contributed by atoms with Gasteiger partial charge < -0.3 is 9.47 Å². The molecule has 4 heterocycles. The molecule has 2 bridgehead atoms. The predicted octanol–water partition coefficient (Wildman–Crippen LogP) is 0.888. The molecule has 6 nitrogen and oxygen atoms in total. The maximum atomic E-state index is 12.6. The maximum absolute atomic E-state index is 12.6. The van der Waals surface area contributed by atoms with Crippen LogP contribution in [0.2, 0.25) is 0 Å². The van der Waals surface area contributed by atoms with Gasteiger partial charge in [0, 0.05) is 19.7 Å². The van der Waals surface area contributed by atoms with E-state index in [1.165, 1.54) is 4.31 Å². The van der Waals surface area contributed by atoms with Gasteiger partial charge in [0.05, 0.1) is 28.9 Å². The Bertz CT molecular complexity index is 641.